The third kappa shape index (κ3) is 1.15. The highest BCUT2D eigenvalue weighted by molar-refractivity contribution is 6.68. The van der Waals surface area contributed by atoms with Crippen molar-refractivity contribution in [1.82, 2.24) is 0 Å². The van der Waals surface area contributed by atoms with E-state index >= 15 is 0 Å². The van der Waals surface area contributed by atoms with E-state index in [4.69, 9.17) is 0 Å². The average molecular weight is 192 g/mol. The van der Waals surface area contributed by atoms with Crippen molar-refractivity contribution in [3.05, 3.63) is 12.7 Å². The van der Waals surface area contributed by atoms with E-state index in [0.717, 1.165) is 6.42 Å². The van der Waals surface area contributed by atoms with E-state index in [2.05, 4.69) is 6.58 Å². The number of ketones is 3. The molecular formula is C11H12O3. The van der Waals surface area contributed by atoms with Crippen LogP contribution in [0.1, 0.15) is 19.3 Å². The largest absolute Gasteiger partial charge is 0.290 e. The monoisotopic (exact) mass is 192 g/mol. The average Bonchev–Trinajstić information content (AvgIpc) is 2.44. The Balaban J connectivity index is 2.24. The summed E-state index contributed by atoms with van der Waals surface area (Å²) in [5, 5.41) is 0. The summed E-state index contributed by atoms with van der Waals surface area (Å²) in [6.45, 7) is 3.68. The Labute approximate surface area is 82.2 Å². The lowest BCUT2D eigenvalue weighted by Crippen LogP contribution is -2.26. The highest BCUT2D eigenvalue weighted by Crippen LogP contribution is 2.39. The summed E-state index contributed by atoms with van der Waals surface area (Å²) in [6.07, 6.45) is 3.98. The number of rotatable bonds is 1. The molecule has 2 aliphatic carbocycles. The van der Waals surface area contributed by atoms with Gasteiger partial charge in [-0.15, -0.1) is 6.58 Å². The van der Waals surface area contributed by atoms with Crippen LogP contribution in [-0.2, 0) is 14.4 Å². The quantitative estimate of drug-likeness (QED) is 0.458. The van der Waals surface area contributed by atoms with E-state index in [1.807, 2.05) is 6.08 Å². The molecular weight excluding hydrogens is 180 g/mol. The van der Waals surface area contributed by atoms with Gasteiger partial charge in [0.15, 0.2) is 0 Å². The predicted octanol–water partition coefficient (Wildman–Crippen LogP) is 0.926. The van der Waals surface area contributed by atoms with Crippen molar-refractivity contribution in [2.24, 2.45) is 17.8 Å². The van der Waals surface area contributed by atoms with E-state index in [1.54, 1.807) is 0 Å². The van der Waals surface area contributed by atoms with Crippen molar-refractivity contribution in [3.8, 4) is 0 Å². The van der Waals surface area contributed by atoms with Gasteiger partial charge >= 0.3 is 0 Å². The minimum atomic E-state index is -0.773. The van der Waals surface area contributed by atoms with Crippen molar-refractivity contribution >= 4 is 17.3 Å². The number of hydrogen-bond acceptors (Lipinski definition) is 3. The van der Waals surface area contributed by atoms with Crippen molar-refractivity contribution in [3.63, 3.8) is 0 Å². The van der Waals surface area contributed by atoms with Gasteiger partial charge in [0.25, 0.3) is 5.78 Å². The second kappa shape index (κ2) is 3.15. The second-order valence-electron chi connectivity index (χ2n) is 4.08. The van der Waals surface area contributed by atoms with Crippen molar-refractivity contribution < 1.29 is 14.4 Å². The van der Waals surface area contributed by atoms with Gasteiger partial charge in [0, 0.05) is 11.8 Å². The van der Waals surface area contributed by atoms with Gasteiger partial charge in [-0.3, -0.25) is 14.4 Å². The van der Waals surface area contributed by atoms with E-state index in [-0.39, 0.29) is 11.8 Å². The molecule has 0 aromatic carbocycles. The summed E-state index contributed by atoms with van der Waals surface area (Å²) < 4.78 is 0. The SMILES string of the molecule is C=CC1CCC2C(=O)C(=O)C(=O)C2C1. The molecule has 0 spiro atoms. The number of fused-ring (bicyclic) bond motifs is 1. The summed E-state index contributed by atoms with van der Waals surface area (Å²) in [5.41, 5.74) is 0. The highest BCUT2D eigenvalue weighted by atomic mass is 16.2. The fraction of sp³-hybridized carbons (Fsp3) is 0.545. The van der Waals surface area contributed by atoms with Crippen LogP contribution in [0, 0.1) is 17.8 Å². The lowest BCUT2D eigenvalue weighted by Gasteiger charge is -2.26. The molecule has 3 atom stereocenters. The first-order valence-electron chi connectivity index (χ1n) is 4.90. The zero-order chi connectivity index (χ0) is 10.3. The van der Waals surface area contributed by atoms with Crippen LogP contribution in [0.15, 0.2) is 12.7 Å². The Morgan fingerprint density at radius 3 is 2.36 bits per heavy atom. The van der Waals surface area contributed by atoms with Crippen LogP contribution in [0.25, 0.3) is 0 Å². The van der Waals surface area contributed by atoms with Gasteiger partial charge in [-0.1, -0.05) is 6.08 Å². The summed E-state index contributed by atoms with van der Waals surface area (Å²) in [7, 11) is 0. The van der Waals surface area contributed by atoms with Crippen LogP contribution in [0.2, 0.25) is 0 Å². The third-order valence-electron chi connectivity index (χ3n) is 3.35. The Kier molecular flexibility index (Phi) is 2.10. The molecule has 0 aliphatic heterocycles. The van der Waals surface area contributed by atoms with Gasteiger partial charge in [-0.2, -0.15) is 0 Å². The first-order valence-corrected chi connectivity index (χ1v) is 4.90. The molecule has 3 unspecified atom stereocenters. The Morgan fingerprint density at radius 1 is 1.07 bits per heavy atom. The Morgan fingerprint density at radius 2 is 1.71 bits per heavy atom. The number of carbonyl (C=O) groups is 3. The van der Waals surface area contributed by atoms with Crippen LogP contribution in [0.5, 0.6) is 0 Å². The number of carbonyl (C=O) groups excluding carboxylic acids is 3. The van der Waals surface area contributed by atoms with Gasteiger partial charge in [0.1, 0.15) is 0 Å². The molecule has 0 saturated heterocycles. The normalized spacial score (nSPS) is 37.1. The molecule has 2 rings (SSSR count). The lowest BCUT2D eigenvalue weighted by molar-refractivity contribution is -0.141. The zero-order valence-corrected chi connectivity index (χ0v) is 7.86. The van der Waals surface area contributed by atoms with Gasteiger partial charge in [-0.25, -0.2) is 0 Å². The first kappa shape index (κ1) is 9.31. The molecule has 2 fully saturated rings. The van der Waals surface area contributed by atoms with E-state index in [1.165, 1.54) is 0 Å². The third-order valence-corrected chi connectivity index (χ3v) is 3.35. The standard InChI is InChI=1S/C11H12O3/c1-2-6-3-4-7-8(5-6)10(13)11(14)9(7)12/h2,6-8H,1,3-5H2. The molecule has 0 N–H and O–H groups in total. The van der Waals surface area contributed by atoms with E-state index in [9.17, 15) is 14.4 Å². The number of Topliss-reactive ketones (excluding diaryl/α,β-unsaturated/α-hetero) is 3. The van der Waals surface area contributed by atoms with Gasteiger partial charge < -0.3 is 0 Å². The van der Waals surface area contributed by atoms with Crippen molar-refractivity contribution in [1.29, 1.82) is 0 Å². The molecule has 0 aromatic rings. The van der Waals surface area contributed by atoms with Gasteiger partial charge in [0.05, 0.1) is 0 Å². The molecule has 0 heterocycles. The fourth-order valence-electron chi connectivity index (χ4n) is 2.48. The first-order chi connectivity index (χ1) is 6.65. The number of allylic oxidation sites excluding steroid dienone is 1. The number of hydrogen-bond donors (Lipinski definition) is 0. The van der Waals surface area contributed by atoms with E-state index < -0.39 is 17.3 Å². The van der Waals surface area contributed by atoms with Crippen LogP contribution in [0.4, 0.5) is 0 Å². The van der Waals surface area contributed by atoms with Crippen molar-refractivity contribution in [2.45, 2.75) is 19.3 Å². The summed E-state index contributed by atoms with van der Waals surface area (Å²) >= 11 is 0. The van der Waals surface area contributed by atoms with Gasteiger partial charge in [-0.05, 0) is 25.2 Å². The molecule has 2 aliphatic rings. The smallest absolute Gasteiger partial charge is 0.264 e. The van der Waals surface area contributed by atoms with Crippen LogP contribution in [0.3, 0.4) is 0 Å². The summed E-state index contributed by atoms with van der Waals surface area (Å²) in [4.78, 5) is 33.9. The van der Waals surface area contributed by atoms with Crippen LogP contribution < -0.4 is 0 Å². The Bertz CT molecular complexity index is 329. The molecule has 3 heteroatoms. The summed E-state index contributed by atoms with van der Waals surface area (Å²) in [6, 6.07) is 0. The molecule has 0 aromatic heterocycles. The van der Waals surface area contributed by atoms with Crippen LogP contribution in [-0.4, -0.2) is 17.3 Å². The molecule has 74 valence electrons. The van der Waals surface area contributed by atoms with Crippen LogP contribution >= 0.6 is 0 Å². The molecule has 14 heavy (non-hydrogen) atoms. The second-order valence-corrected chi connectivity index (χ2v) is 4.08. The maximum absolute atomic E-state index is 11.4. The highest BCUT2D eigenvalue weighted by Gasteiger charge is 2.50. The molecule has 3 nitrogen and oxygen atoms in total. The zero-order valence-electron chi connectivity index (χ0n) is 7.86. The minimum Gasteiger partial charge on any atom is -0.290 e. The molecule has 0 radical (unpaired) electrons. The molecule has 0 amide bonds. The topological polar surface area (TPSA) is 51.2 Å². The van der Waals surface area contributed by atoms with E-state index in [0.29, 0.717) is 18.8 Å². The van der Waals surface area contributed by atoms with Gasteiger partial charge in [0.2, 0.25) is 11.6 Å². The Hall–Kier alpha value is -1.25. The summed E-state index contributed by atoms with van der Waals surface area (Å²) in [5.74, 6) is -2.06. The molecule has 0 bridgehead atoms. The molecule has 2 saturated carbocycles. The minimum absolute atomic E-state index is 0.291. The maximum atomic E-state index is 11.4. The maximum Gasteiger partial charge on any atom is 0.264 e. The predicted molar refractivity (Wildman–Crippen MR) is 49.5 cm³/mol. The lowest BCUT2D eigenvalue weighted by atomic mass is 9.75. The van der Waals surface area contributed by atoms with Crippen molar-refractivity contribution in [2.75, 3.05) is 0 Å². The fourth-order valence-corrected chi connectivity index (χ4v) is 2.48.